The molecule has 0 unspecified atom stereocenters. The summed E-state index contributed by atoms with van der Waals surface area (Å²) in [6.45, 7) is 0.752. The quantitative estimate of drug-likeness (QED) is 0.461. The molecule has 0 fully saturated rings. The van der Waals surface area contributed by atoms with E-state index in [9.17, 15) is 13.3 Å². The smallest absolute Gasteiger partial charge is 0.377 e. The standard InChI is InChI=1S/C17H18BrF2O4P/c18-16-11-14(8-9-15(16)17(19,20)25(21,22)23)12-24-10-4-7-13-5-2-1-3-6-13/h1-3,5-6,8-9,11H,4,7,10,12H2,(H2,21,22,23). The molecule has 0 bridgehead atoms. The lowest BCUT2D eigenvalue weighted by atomic mass is 10.1. The Bertz CT molecular complexity index is 750. The van der Waals surface area contributed by atoms with Gasteiger partial charge >= 0.3 is 13.3 Å². The molecule has 0 radical (unpaired) electrons. The number of halogens is 3. The lowest BCUT2D eigenvalue weighted by Crippen LogP contribution is -2.14. The van der Waals surface area contributed by atoms with E-state index in [4.69, 9.17) is 14.5 Å². The molecule has 2 aromatic rings. The van der Waals surface area contributed by atoms with Gasteiger partial charge in [-0.2, -0.15) is 8.78 Å². The molecule has 0 aromatic heterocycles. The van der Waals surface area contributed by atoms with Crippen LogP contribution in [-0.2, 0) is 28.0 Å². The molecule has 0 spiro atoms. The topological polar surface area (TPSA) is 66.8 Å². The summed E-state index contributed by atoms with van der Waals surface area (Å²) in [6, 6.07) is 13.7. The van der Waals surface area contributed by atoms with Crippen LogP contribution in [0, 0.1) is 0 Å². The van der Waals surface area contributed by atoms with Crippen molar-refractivity contribution < 1.29 is 27.9 Å². The summed E-state index contributed by atoms with van der Waals surface area (Å²) < 4.78 is 43.9. The highest BCUT2D eigenvalue weighted by atomic mass is 79.9. The summed E-state index contributed by atoms with van der Waals surface area (Å²) in [5.41, 5.74) is -3.12. The van der Waals surface area contributed by atoms with Crippen molar-refractivity contribution in [1.29, 1.82) is 0 Å². The number of hydrogen-bond donors (Lipinski definition) is 2. The van der Waals surface area contributed by atoms with Crippen LogP contribution < -0.4 is 0 Å². The third-order valence-corrected chi connectivity index (χ3v) is 5.22. The van der Waals surface area contributed by atoms with Gasteiger partial charge in [0.25, 0.3) is 0 Å². The van der Waals surface area contributed by atoms with Crippen LogP contribution in [0.25, 0.3) is 0 Å². The van der Waals surface area contributed by atoms with Crippen molar-refractivity contribution in [2.75, 3.05) is 6.61 Å². The number of hydrogen-bond acceptors (Lipinski definition) is 2. The van der Waals surface area contributed by atoms with E-state index >= 15 is 0 Å². The zero-order chi connectivity index (χ0) is 18.5. The van der Waals surface area contributed by atoms with Gasteiger partial charge in [-0.15, -0.1) is 0 Å². The Morgan fingerprint density at radius 3 is 2.36 bits per heavy atom. The summed E-state index contributed by atoms with van der Waals surface area (Å²) in [5, 5.41) is 0. The molecule has 8 heteroatoms. The molecule has 0 atom stereocenters. The molecule has 2 aromatic carbocycles. The van der Waals surface area contributed by atoms with Gasteiger partial charge in [0.05, 0.1) is 6.61 Å². The molecule has 4 nitrogen and oxygen atoms in total. The summed E-state index contributed by atoms with van der Waals surface area (Å²) in [4.78, 5) is 17.6. The Kier molecular flexibility index (Phi) is 6.88. The first-order chi connectivity index (χ1) is 11.7. The highest BCUT2D eigenvalue weighted by molar-refractivity contribution is 9.10. The molecular weight excluding hydrogens is 417 g/mol. The molecule has 0 saturated carbocycles. The highest BCUT2D eigenvalue weighted by Gasteiger charge is 2.51. The van der Waals surface area contributed by atoms with Crippen molar-refractivity contribution in [1.82, 2.24) is 0 Å². The fourth-order valence-electron chi connectivity index (χ4n) is 2.26. The lowest BCUT2D eigenvalue weighted by Gasteiger charge is -2.19. The number of aryl methyl sites for hydroxylation is 1. The highest BCUT2D eigenvalue weighted by Crippen LogP contribution is 2.60. The van der Waals surface area contributed by atoms with E-state index in [-0.39, 0.29) is 11.1 Å². The zero-order valence-electron chi connectivity index (χ0n) is 13.2. The van der Waals surface area contributed by atoms with Gasteiger partial charge in [-0.3, -0.25) is 4.57 Å². The fourth-order valence-corrected chi connectivity index (χ4v) is 3.60. The molecule has 136 valence electrons. The van der Waals surface area contributed by atoms with Crippen LogP contribution >= 0.6 is 23.5 Å². The van der Waals surface area contributed by atoms with Crippen LogP contribution in [0.4, 0.5) is 8.78 Å². The molecule has 0 aliphatic heterocycles. The van der Waals surface area contributed by atoms with E-state index in [1.54, 1.807) is 0 Å². The summed E-state index contributed by atoms with van der Waals surface area (Å²) in [7, 11) is -5.59. The van der Waals surface area contributed by atoms with Crippen molar-refractivity contribution in [3.63, 3.8) is 0 Å². The Morgan fingerprint density at radius 2 is 1.76 bits per heavy atom. The fraction of sp³-hybridized carbons (Fsp3) is 0.294. The van der Waals surface area contributed by atoms with E-state index in [1.165, 1.54) is 17.7 Å². The second-order valence-electron chi connectivity index (χ2n) is 5.54. The largest absolute Gasteiger partial charge is 0.399 e. The molecule has 0 saturated heterocycles. The maximum atomic E-state index is 13.7. The van der Waals surface area contributed by atoms with Gasteiger partial charge in [-0.05, 0) is 30.0 Å². The van der Waals surface area contributed by atoms with Crippen LogP contribution in [0.3, 0.4) is 0 Å². The summed E-state index contributed by atoms with van der Waals surface area (Å²) in [5.74, 6) is 0. The van der Waals surface area contributed by atoms with E-state index in [0.717, 1.165) is 18.9 Å². The van der Waals surface area contributed by atoms with Gasteiger partial charge in [0.2, 0.25) is 0 Å². The Balaban J connectivity index is 1.88. The third-order valence-electron chi connectivity index (χ3n) is 3.59. The van der Waals surface area contributed by atoms with Crippen LogP contribution in [-0.4, -0.2) is 16.4 Å². The maximum Gasteiger partial charge on any atom is 0.399 e. The summed E-state index contributed by atoms with van der Waals surface area (Å²) in [6.07, 6.45) is 1.72. The average Bonchev–Trinajstić information content (AvgIpc) is 2.54. The number of alkyl halides is 2. The normalized spacial score (nSPS) is 12.4. The minimum absolute atomic E-state index is 0.0637. The number of benzene rings is 2. The van der Waals surface area contributed by atoms with Crippen molar-refractivity contribution in [2.45, 2.75) is 25.1 Å². The van der Waals surface area contributed by atoms with Gasteiger partial charge in [-0.25, -0.2) is 0 Å². The van der Waals surface area contributed by atoms with Crippen LogP contribution in [0.15, 0.2) is 53.0 Å². The molecule has 25 heavy (non-hydrogen) atoms. The average molecular weight is 435 g/mol. The zero-order valence-corrected chi connectivity index (χ0v) is 15.7. The molecule has 0 aliphatic rings. The van der Waals surface area contributed by atoms with Crippen molar-refractivity contribution >= 4 is 23.5 Å². The molecule has 2 rings (SSSR count). The predicted octanol–water partition coefficient (Wildman–Crippen LogP) is 4.83. The van der Waals surface area contributed by atoms with E-state index in [1.807, 2.05) is 30.3 Å². The second kappa shape index (κ2) is 8.52. The van der Waals surface area contributed by atoms with Gasteiger partial charge in [0, 0.05) is 16.6 Å². The number of ether oxygens (including phenoxy) is 1. The lowest BCUT2D eigenvalue weighted by molar-refractivity contribution is 0.0556. The van der Waals surface area contributed by atoms with E-state index in [2.05, 4.69) is 15.9 Å². The molecule has 2 N–H and O–H groups in total. The van der Waals surface area contributed by atoms with Gasteiger partial charge in [-0.1, -0.05) is 58.4 Å². The van der Waals surface area contributed by atoms with Crippen LogP contribution in [0.5, 0.6) is 0 Å². The van der Waals surface area contributed by atoms with Crippen molar-refractivity contribution in [3.05, 3.63) is 69.7 Å². The monoisotopic (exact) mass is 434 g/mol. The first-order valence-electron chi connectivity index (χ1n) is 7.56. The predicted molar refractivity (Wildman–Crippen MR) is 94.5 cm³/mol. The van der Waals surface area contributed by atoms with Gasteiger partial charge in [0.1, 0.15) is 0 Å². The Morgan fingerprint density at radius 1 is 1.08 bits per heavy atom. The van der Waals surface area contributed by atoms with Gasteiger partial charge in [0.15, 0.2) is 0 Å². The second-order valence-corrected chi connectivity index (χ2v) is 8.05. The van der Waals surface area contributed by atoms with Crippen LogP contribution in [0.1, 0.15) is 23.1 Å². The molecule has 0 heterocycles. The minimum atomic E-state index is -5.59. The maximum absolute atomic E-state index is 13.7. The van der Waals surface area contributed by atoms with E-state index < -0.39 is 18.8 Å². The summed E-state index contributed by atoms with van der Waals surface area (Å²) >= 11 is 2.95. The molecule has 0 amide bonds. The molecule has 0 aliphatic carbocycles. The first kappa shape index (κ1) is 20.2. The van der Waals surface area contributed by atoms with Crippen LogP contribution in [0.2, 0.25) is 0 Å². The van der Waals surface area contributed by atoms with Crippen molar-refractivity contribution in [2.24, 2.45) is 0 Å². The molecular formula is C17H18BrF2O4P. The van der Waals surface area contributed by atoms with Gasteiger partial charge < -0.3 is 14.5 Å². The Labute approximate surface area is 153 Å². The van der Waals surface area contributed by atoms with E-state index in [0.29, 0.717) is 12.2 Å². The number of rotatable bonds is 8. The Hall–Kier alpha value is -1.11. The minimum Gasteiger partial charge on any atom is -0.377 e. The SMILES string of the molecule is O=P(O)(O)C(F)(F)c1ccc(COCCCc2ccccc2)cc1Br. The third kappa shape index (κ3) is 5.43. The van der Waals surface area contributed by atoms with Crippen molar-refractivity contribution in [3.8, 4) is 0 Å². The first-order valence-corrected chi connectivity index (χ1v) is 9.96.